The van der Waals surface area contributed by atoms with Gasteiger partial charge in [0, 0.05) is 22.7 Å². The number of amides is 1. The van der Waals surface area contributed by atoms with E-state index in [1.807, 2.05) is 0 Å². The Morgan fingerprint density at radius 2 is 1.48 bits per heavy atom. The van der Waals surface area contributed by atoms with Gasteiger partial charge in [-0.15, -0.1) is 11.3 Å². The second-order valence-corrected chi connectivity index (χ2v) is 9.56. The smallest absolute Gasteiger partial charge is 0.228 e. The lowest BCUT2D eigenvalue weighted by Crippen LogP contribution is -2.42. The molecule has 0 saturated heterocycles. The number of carboxylic acid groups (broad SMARTS) is 1. The summed E-state index contributed by atoms with van der Waals surface area (Å²) in [4.78, 5) is 25.6. The Morgan fingerprint density at radius 3 is 2.10 bits per heavy atom. The van der Waals surface area contributed by atoms with Crippen LogP contribution in [0.2, 0.25) is 0 Å². The van der Waals surface area contributed by atoms with Gasteiger partial charge in [0.1, 0.15) is 11.1 Å². The molecule has 2 atom stereocenters. The Labute approximate surface area is 177 Å². The number of nitriles is 1. The molecule has 1 aromatic rings. The van der Waals surface area contributed by atoms with Gasteiger partial charge in [-0.05, 0) is 44.1 Å². The fourth-order valence-corrected chi connectivity index (χ4v) is 6.01. The van der Waals surface area contributed by atoms with E-state index in [1.54, 1.807) is 0 Å². The number of thiophene rings is 1. The van der Waals surface area contributed by atoms with Crippen LogP contribution in [0.25, 0.3) is 0 Å². The van der Waals surface area contributed by atoms with E-state index in [-0.39, 0.29) is 5.91 Å². The molecule has 1 aromatic heterocycles. The Kier molecular flexibility index (Phi) is 8.11. The zero-order chi connectivity index (χ0) is 20.6. The molecule has 1 fully saturated rings. The van der Waals surface area contributed by atoms with Crippen molar-refractivity contribution in [3.63, 3.8) is 0 Å². The minimum atomic E-state index is -1.14. The number of hydrogen-bond donors (Lipinski definition) is 1. The second kappa shape index (κ2) is 10.8. The fraction of sp³-hybridized carbons (Fsp3) is 0.696. The van der Waals surface area contributed by atoms with Gasteiger partial charge in [-0.3, -0.25) is 4.79 Å². The van der Waals surface area contributed by atoms with Crippen molar-refractivity contribution in [2.45, 2.75) is 89.9 Å². The third-order valence-corrected chi connectivity index (χ3v) is 7.63. The van der Waals surface area contributed by atoms with Crippen molar-refractivity contribution in [1.29, 1.82) is 5.26 Å². The molecule has 0 radical (unpaired) electrons. The number of aliphatic carboxylic acids is 1. The van der Waals surface area contributed by atoms with Gasteiger partial charge < -0.3 is 15.2 Å². The topological polar surface area (TPSA) is 93.0 Å². The molecule has 0 aromatic carbocycles. The van der Waals surface area contributed by atoms with Crippen LogP contribution in [0.4, 0.5) is 5.00 Å². The number of hydrogen-bond acceptors (Lipinski definition) is 5. The SMILES string of the molecule is N#Cc1c(NC(=O)C2CCCCC2C(=O)[O-])sc2c1CCCCCCCCCC2. The highest BCUT2D eigenvalue weighted by Crippen LogP contribution is 2.37. The van der Waals surface area contributed by atoms with Crippen molar-refractivity contribution in [1.82, 2.24) is 0 Å². The number of carbonyl (C=O) groups is 2. The first-order valence-corrected chi connectivity index (χ1v) is 12.0. The molecule has 2 unspecified atom stereocenters. The maximum atomic E-state index is 12.9. The molecule has 158 valence electrons. The molecular formula is C23H31N2O3S-. The molecule has 0 bridgehead atoms. The lowest BCUT2D eigenvalue weighted by Gasteiger charge is -2.31. The predicted octanol–water partition coefficient (Wildman–Crippen LogP) is 4.33. The molecule has 2 aliphatic rings. The fourth-order valence-electron chi connectivity index (χ4n) is 4.76. The Morgan fingerprint density at radius 1 is 0.897 bits per heavy atom. The highest BCUT2D eigenvalue weighted by Gasteiger charge is 2.32. The van der Waals surface area contributed by atoms with E-state index in [4.69, 9.17) is 0 Å². The largest absolute Gasteiger partial charge is 0.550 e. The van der Waals surface area contributed by atoms with Gasteiger partial charge in [-0.1, -0.05) is 51.4 Å². The van der Waals surface area contributed by atoms with Crippen LogP contribution in [0.1, 0.15) is 93.1 Å². The van der Waals surface area contributed by atoms with E-state index in [1.165, 1.54) is 54.7 Å². The highest BCUT2D eigenvalue weighted by molar-refractivity contribution is 7.16. The van der Waals surface area contributed by atoms with Crippen LogP contribution in [0, 0.1) is 23.2 Å². The lowest BCUT2D eigenvalue weighted by molar-refractivity contribution is -0.313. The minimum absolute atomic E-state index is 0.271. The molecule has 0 spiro atoms. The quantitative estimate of drug-likeness (QED) is 0.795. The number of nitrogens with zero attached hydrogens (tertiary/aromatic N) is 1. The normalized spacial score (nSPS) is 23.7. The van der Waals surface area contributed by atoms with Crippen molar-refractivity contribution < 1.29 is 14.7 Å². The van der Waals surface area contributed by atoms with Crippen molar-refractivity contribution >= 4 is 28.2 Å². The zero-order valence-electron chi connectivity index (χ0n) is 17.1. The summed E-state index contributed by atoms with van der Waals surface area (Å²) in [6.07, 6.45) is 14.3. The average molecular weight is 416 g/mol. The Bertz CT molecular complexity index is 765. The Hall–Kier alpha value is -1.87. The van der Waals surface area contributed by atoms with Crippen molar-refractivity contribution in [2.75, 3.05) is 5.32 Å². The van der Waals surface area contributed by atoms with Crippen LogP contribution in [0.15, 0.2) is 0 Å². The van der Waals surface area contributed by atoms with Gasteiger partial charge >= 0.3 is 0 Å². The van der Waals surface area contributed by atoms with Gasteiger partial charge in [0.05, 0.1) is 5.56 Å². The number of fused-ring (bicyclic) bond motifs is 1. The molecule has 29 heavy (non-hydrogen) atoms. The summed E-state index contributed by atoms with van der Waals surface area (Å²) in [6, 6.07) is 2.33. The van der Waals surface area contributed by atoms with Crippen molar-refractivity contribution in [3.05, 3.63) is 16.0 Å². The zero-order valence-corrected chi connectivity index (χ0v) is 18.0. The third kappa shape index (κ3) is 5.60. The predicted molar refractivity (Wildman–Crippen MR) is 112 cm³/mol. The molecule has 2 aliphatic carbocycles. The van der Waals surface area contributed by atoms with Gasteiger partial charge in [0.15, 0.2) is 0 Å². The van der Waals surface area contributed by atoms with Crippen LogP contribution in [-0.4, -0.2) is 11.9 Å². The minimum Gasteiger partial charge on any atom is -0.550 e. The molecule has 1 saturated carbocycles. The first-order valence-electron chi connectivity index (χ1n) is 11.2. The average Bonchev–Trinajstić information content (AvgIpc) is 3.03. The van der Waals surface area contributed by atoms with Crippen LogP contribution >= 0.6 is 11.3 Å². The summed E-state index contributed by atoms with van der Waals surface area (Å²) >= 11 is 1.52. The maximum Gasteiger partial charge on any atom is 0.228 e. The molecule has 1 amide bonds. The van der Waals surface area contributed by atoms with E-state index in [0.717, 1.165) is 44.1 Å². The van der Waals surface area contributed by atoms with Gasteiger partial charge in [0.25, 0.3) is 0 Å². The van der Waals surface area contributed by atoms with E-state index < -0.39 is 17.8 Å². The summed E-state index contributed by atoms with van der Waals surface area (Å²) in [5.41, 5.74) is 1.70. The highest BCUT2D eigenvalue weighted by atomic mass is 32.1. The van der Waals surface area contributed by atoms with Crippen molar-refractivity contribution in [3.8, 4) is 6.07 Å². The standard InChI is InChI=1S/C23H32N2O3S/c24-15-19-16-11-7-5-3-1-2-4-6-8-14-20(16)29-22(19)25-21(26)17-12-9-10-13-18(17)23(27)28/h17-18H,1-14H2,(H,25,26)(H,27,28)/p-1. The summed E-state index contributed by atoms with van der Waals surface area (Å²) in [6.45, 7) is 0. The summed E-state index contributed by atoms with van der Waals surface area (Å²) in [5, 5.41) is 24.8. The molecular weight excluding hydrogens is 384 g/mol. The molecule has 1 heterocycles. The molecule has 3 rings (SSSR count). The number of rotatable bonds is 3. The first-order chi connectivity index (χ1) is 14.1. The Balaban J connectivity index is 1.79. The number of aryl methyl sites for hydroxylation is 1. The van der Waals surface area contributed by atoms with Crippen LogP contribution in [-0.2, 0) is 22.4 Å². The number of carbonyl (C=O) groups excluding carboxylic acids is 2. The molecule has 5 nitrogen and oxygen atoms in total. The molecule has 1 N–H and O–H groups in total. The summed E-state index contributed by atoms with van der Waals surface area (Å²) in [5.74, 6) is -2.70. The number of carboxylic acids is 1. The van der Waals surface area contributed by atoms with Gasteiger partial charge in [-0.2, -0.15) is 5.26 Å². The number of nitrogens with one attached hydrogen (secondary N) is 1. The van der Waals surface area contributed by atoms with E-state index in [2.05, 4.69) is 11.4 Å². The maximum absolute atomic E-state index is 12.9. The monoisotopic (exact) mass is 415 g/mol. The third-order valence-electron chi connectivity index (χ3n) is 6.43. The van der Waals surface area contributed by atoms with Crippen LogP contribution < -0.4 is 10.4 Å². The number of anilines is 1. The van der Waals surface area contributed by atoms with E-state index in [9.17, 15) is 20.0 Å². The van der Waals surface area contributed by atoms with Crippen molar-refractivity contribution in [2.24, 2.45) is 11.8 Å². The van der Waals surface area contributed by atoms with Crippen LogP contribution in [0.3, 0.4) is 0 Å². The lowest BCUT2D eigenvalue weighted by atomic mass is 9.79. The van der Waals surface area contributed by atoms with E-state index in [0.29, 0.717) is 23.4 Å². The summed E-state index contributed by atoms with van der Waals surface area (Å²) in [7, 11) is 0. The van der Waals surface area contributed by atoms with Crippen LogP contribution in [0.5, 0.6) is 0 Å². The summed E-state index contributed by atoms with van der Waals surface area (Å²) < 4.78 is 0. The first kappa shape index (κ1) is 21.8. The molecule has 6 heteroatoms. The molecule has 0 aliphatic heterocycles. The van der Waals surface area contributed by atoms with Gasteiger partial charge in [0.2, 0.25) is 5.91 Å². The van der Waals surface area contributed by atoms with E-state index >= 15 is 0 Å². The second-order valence-electron chi connectivity index (χ2n) is 8.45. The van der Waals surface area contributed by atoms with Gasteiger partial charge in [-0.25, -0.2) is 0 Å².